The number of piperidine rings is 1. The molecule has 0 aromatic heterocycles. The first-order valence-corrected chi connectivity index (χ1v) is 9.46. The maximum atomic E-state index is 12.6. The van der Waals surface area contributed by atoms with Gasteiger partial charge in [-0.15, -0.1) is 0 Å². The zero-order valence-electron chi connectivity index (χ0n) is 16.9. The Morgan fingerprint density at radius 3 is 2.19 bits per heavy atom. The number of nitrogens with zero attached hydrogens (tertiary/aromatic N) is 1. The lowest BCUT2D eigenvalue weighted by molar-refractivity contribution is -0.134. The fraction of sp³-hybridized carbons (Fsp3) is 0.571. The molecule has 1 unspecified atom stereocenters. The molecule has 27 heavy (non-hydrogen) atoms. The molecule has 1 N–H and O–H groups in total. The molecule has 0 radical (unpaired) electrons. The molecule has 2 rings (SSSR count). The van der Waals surface area contributed by atoms with Crippen LogP contribution in [-0.2, 0) is 9.53 Å². The summed E-state index contributed by atoms with van der Waals surface area (Å²) in [5.41, 5.74) is 1.24. The first kappa shape index (κ1) is 20.9. The normalized spacial score (nSPS) is 16.6. The summed E-state index contributed by atoms with van der Waals surface area (Å²) in [6.07, 6.45) is 0.669. The molecule has 0 spiro atoms. The monoisotopic (exact) mass is 374 g/mol. The van der Waals surface area contributed by atoms with Gasteiger partial charge >= 0.3 is 6.09 Å². The quantitative estimate of drug-likeness (QED) is 0.820. The Balaban J connectivity index is 1.85. The third-order valence-electron chi connectivity index (χ3n) is 4.62. The number of benzene rings is 1. The van der Waals surface area contributed by atoms with E-state index in [1.165, 1.54) is 0 Å². The Morgan fingerprint density at radius 2 is 1.67 bits per heavy atom. The van der Waals surface area contributed by atoms with E-state index in [1.54, 1.807) is 32.6 Å². The summed E-state index contributed by atoms with van der Waals surface area (Å²) in [5, 5.41) is 2.58. The van der Waals surface area contributed by atoms with Crippen LogP contribution in [0.2, 0.25) is 0 Å². The summed E-state index contributed by atoms with van der Waals surface area (Å²) in [4.78, 5) is 38.7. The smallest absolute Gasteiger partial charge is 0.408 e. The minimum Gasteiger partial charge on any atom is -0.444 e. The molecular weight excluding hydrogens is 344 g/mol. The third-order valence-corrected chi connectivity index (χ3v) is 4.62. The van der Waals surface area contributed by atoms with E-state index < -0.39 is 17.7 Å². The number of carbonyl (C=O) groups excluding carboxylic acids is 3. The Morgan fingerprint density at radius 1 is 1.11 bits per heavy atom. The highest BCUT2D eigenvalue weighted by Gasteiger charge is 2.30. The van der Waals surface area contributed by atoms with Crippen LogP contribution < -0.4 is 5.32 Å². The maximum Gasteiger partial charge on any atom is 0.408 e. The number of Topliss-reactive ketones (excluding diaryl/α,β-unsaturated/α-hetero) is 1. The van der Waals surface area contributed by atoms with Crippen LogP contribution in [0.25, 0.3) is 0 Å². The molecule has 1 aromatic carbocycles. The molecule has 2 amide bonds. The van der Waals surface area contributed by atoms with E-state index in [1.807, 2.05) is 31.2 Å². The van der Waals surface area contributed by atoms with Crippen molar-refractivity contribution in [3.05, 3.63) is 35.4 Å². The number of ether oxygens (including phenoxy) is 1. The SMILES string of the molecule is Cc1ccc(C(=O)C2CCN(C(=O)C(C)NC(=O)OC(C)(C)C)CC2)cc1. The Kier molecular flexibility index (Phi) is 6.63. The molecule has 1 atom stereocenters. The summed E-state index contributed by atoms with van der Waals surface area (Å²) in [5.74, 6) is -0.0741. The first-order chi connectivity index (χ1) is 12.6. The lowest BCUT2D eigenvalue weighted by Crippen LogP contribution is -2.50. The van der Waals surface area contributed by atoms with Gasteiger partial charge in [0.05, 0.1) is 0 Å². The highest BCUT2D eigenvalue weighted by molar-refractivity contribution is 5.98. The van der Waals surface area contributed by atoms with Gasteiger partial charge in [-0.3, -0.25) is 9.59 Å². The fourth-order valence-electron chi connectivity index (χ4n) is 3.14. The second kappa shape index (κ2) is 8.55. The number of rotatable bonds is 4. The largest absolute Gasteiger partial charge is 0.444 e. The molecule has 1 aromatic rings. The van der Waals surface area contributed by atoms with Gasteiger partial charge < -0.3 is 15.0 Å². The van der Waals surface area contributed by atoms with Crippen molar-refractivity contribution in [1.82, 2.24) is 10.2 Å². The Labute approximate surface area is 161 Å². The summed E-state index contributed by atoms with van der Waals surface area (Å²) in [6, 6.07) is 6.94. The average molecular weight is 374 g/mol. The van der Waals surface area contributed by atoms with Gasteiger partial charge in [0.1, 0.15) is 11.6 Å². The number of amides is 2. The van der Waals surface area contributed by atoms with Crippen LogP contribution in [0.15, 0.2) is 24.3 Å². The third kappa shape index (κ3) is 6.08. The predicted octanol–water partition coefficient (Wildman–Crippen LogP) is 3.33. The van der Waals surface area contributed by atoms with Crippen molar-refractivity contribution in [1.29, 1.82) is 0 Å². The zero-order chi connectivity index (χ0) is 20.2. The summed E-state index contributed by atoms with van der Waals surface area (Å²) in [7, 11) is 0. The van der Waals surface area contributed by atoms with Gasteiger partial charge in [-0.2, -0.15) is 0 Å². The van der Waals surface area contributed by atoms with Gasteiger partial charge in [0.15, 0.2) is 5.78 Å². The molecule has 148 valence electrons. The molecule has 6 nitrogen and oxygen atoms in total. The zero-order valence-corrected chi connectivity index (χ0v) is 16.9. The molecule has 1 fully saturated rings. The van der Waals surface area contributed by atoms with Crippen LogP contribution in [0.4, 0.5) is 4.79 Å². The van der Waals surface area contributed by atoms with Gasteiger partial charge in [0.2, 0.25) is 5.91 Å². The van der Waals surface area contributed by atoms with Crippen molar-refractivity contribution in [3.8, 4) is 0 Å². The first-order valence-electron chi connectivity index (χ1n) is 9.46. The van der Waals surface area contributed by atoms with Gasteiger partial charge in [-0.25, -0.2) is 4.79 Å². The van der Waals surface area contributed by atoms with Crippen molar-refractivity contribution < 1.29 is 19.1 Å². The number of alkyl carbamates (subject to hydrolysis) is 1. The maximum absolute atomic E-state index is 12.6. The van der Waals surface area contributed by atoms with Crippen LogP contribution in [0.1, 0.15) is 56.5 Å². The molecule has 1 saturated heterocycles. The second-order valence-electron chi connectivity index (χ2n) is 8.20. The lowest BCUT2D eigenvalue weighted by Gasteiger charge is -2.33. The van der Waals surface area contributed by atoms with E-state index >= 15 is 0 Å². The van der Waals surface area contributed by atoms with Crippen molar-refractivity contribution in [2.75, 3.05) is 13.1 Å². The van der Waals surface area contributed by atoms with E-state index in [4.69, 9.17) is 4.74 Å². The number of ketones is 1. The van der Waals surface area contributed by atoms with Gasteiger partial charge in [0, 0.05) is 24.6 Å². The second-order valence-corrected chi connectivity index (χ2v) is 8.20. The van der Waals surface area contributed by atoms with Crippen molar-refractivity contribution >= 4 is 17.8 Å². The molecule has 1 aliphatic rings. The van der Waals surface area contributed by atoms with Crippen LogP contribution >= 0.6 is 0 Å². The number of nitrogens with one attached hydrogen (secondary N) is 1. The highest BCUT2D eigenvalue weighted by Crippen LogP contribution is 2.22. The molecule has 1 heterocycles. The van der Waals surface area contributed by atoms with Gasteiger partial charge in [0.25, 0.3) is 0 Å². The van der Waals surface area contributed by atoms with Crippen LogP contribution in [0, 0.1) is 12.8 Å². The Hall–Kier alpha value is -2.37. The fourth-order valence-corrected chi connectivity index (χ4v) is 3.14. The highest BCUT2D eigenvalue weighted by atomic mass is 16.6. The van der Waals surface area contributed by atoms with E-state index in [2.05, 4.69) is 5.32 Å². The van der Waals surface area contributed by atoms with Crippen LogP contribution in [0.3, 0.4) is 0 Å². The summed E-state index contributed by atoms with van der Waals surface area (Å²) in [6.45, 7) is 9.99. The van der Waals surface area contributed by atoms with E-state index in [-0.39, 0.29) is 17.6 Å². The molecule has 0 bridgehead atoms. The van der Waals surface area contributed by atoms with Crippen molar-refractivity contribution in [3.63, 3.8) is 0 Å². The minimum absolute atomic E-state index is 0.0640. The van der Waals surface area contributed by atoms with Crippen LogP contribution in [-0.4, -0.2) is 47.4 Å². The van der Waals surface area contributed by atoms with E-state index in [9.17, 15) is 14.4 Å². The van der Waals surface area contributed by atoms with Gasteiger partial charge in [-0.1, -0.05) is 29.8 Å². The molecule has 6 heteroatoms. The number of hydrogen-bond donors (Lipinski definition) is 1. The van der Waals surface area contributed by atoms with Crippen molar-refractivity contribution in [2.24, 2.45) is 5.92 Å². The average Bonchev–Trinajstić information content (AvgIpc) is 2.59. The number of carbonyl (C=O) groups is 3. The Bertz CT molecular complexity index is 683. The topological polar surface area (TPSA) is 75.7 Å². The minimum atomic E-state index is -0.663. The number of hydrogen-bond acceptors (Lipinski definition) is 4. The lowest BCUT2D eigenvalue weighted by atomic mass is 9.88. The van der Waals surface area contributed by atoms with Crippen LogP contribution in [0.5, 0.6) is 0 Å². The molecule has 0 aliphatic carbocycles. The number of likely N-dealkylation sites (tertiary alicyclic amines) is 1. The summed E-state index contributed by atoms with van der Waals surface area (Å²) >= 11 is 0. The molecule has 1 aliphatic heterocycles. The standard InChI is InChI=1S/C21H30N2O4/c1-14-6-8-16(9-7-14)18(24)17-10-12-23(13-11-17)19(25)15(2)22-20(26)27-21(3,4)5/h6-9,15,17H,10-13H2,1-5H3,(H,22,26). The molecule has 0 saturated carbocycles. The molecular formula is C21H30N2O4. The predicted molar refractivity (Wildman–Crippen MR) is 104 cm³/mol. The van der Waals surface area contributed by atoms with E-state index in [0.717, 1.165) is 11.1 Å². The van der Waals surface area contributed by atoms with Crippen molar-refractivity contribution in [2.45, 2.75) is 59.1 Å². The van der Waals surface area contributed by atoms with E-state index in [0.29, 0.717) is 25.9 Å². The summed E-state index contributed by atoms with van der Waals surface area (Å²) < 4.78 is 5.19. The van der Waals surface area contributed by atoms with Gasteiger partial charge in [-0.05, 0) is 47.5 Å². The number of aryl methyl sites for hydroxylation is 1.